The number of ether oxygens (including phenoxy) is 1. The molecule has 108 valence electrons. The second-order valence-corrected chi connectivity index (χ2v) is 5.57. The molecule has 0 fully saturated rings. The largest absolute Gasteiger partial charge is 0.481 e. The molecule has 20 heavy (non-hydrogen) atoms. The maximum atomic E-state index is 11.9. The molecule has 0 saturated carbocycles. The number of carbonyl (C=O) groups excluding carboxylic acids is 1. The number of amides is 1. The zero-order valence-corrected chi connectivity index (χ0v) is 11.8. The summed E-state index contributed by atoms with van der Waals surface area (Å²) in [6, 6.07) is 7.65. The lowest BCUT2D eigenvalue weighted by atomic mass is 10.2. The molecule has 1 atom stereocenters. The average molecular weight is 295 g/mol. The zero-order valence-electron chi connectivity index (χ0n) is 11.0. The number of rotatable bonds is 6. The molecule has 1 heterocycles. The molecule has 1 aliphatic rings. The van der Waals surface area contributed by atoms with Gasteiger partial charge in [0.1, 0.15) is 5.75 Å². The lowest BCUT2D eigenvalue weighted by molar-refractivity contribution is -0.137. The van der Waals surface area contributed by atoms with Crippen LogP contribution in [0.4, 0.5) is 0 Å². The van der Waals surface area contributed by atoms with Gasteiger partial charge in [-0.1, -0.05) is 12.1 Å². The Hall–Kier alpha value is -1.69. The quantitative estimate of drug-likeness (QED) is 0.784. The Morgan fingerprint density at radius 1 is 1.35 bits per heavy atom. The molecule has 0 aliphatic carbocycles. The van der Waals surface area contributed by atoms with Crippen molar-refractivity contribution in [3.63, 3.8) is 0 Å². The molecule has 0 spiro atoms. The Morgan fingerprint density at radius 3 is 2.95 bits per heavy atom. The van der Waals surface area contributed by atoms with Crippen molar-refractivity contribution in [2.24, 2.45) is 0 Å². The summed E-state index contributed by atoms with van der Waals surface area (Å²) in [4.78, 5) is 23.3. The van der Waals surface area contributed by atoms with Crippen LogP contribution in [0, 0.1) is 0 Å². The van der Waals surface area contributed by atoms with Gasteiger partial charge in [-0.05, 0) is 25.0 Å². The minimum absolute atomic E-state index is 0.137. The van der Waals surface area contributed by atoms with Gasteiger partial charge in [0.25, 0.3) is 5.91 Å². The Labute approximate surface area is 121 Å². The van der Waals surface area contributed by atoms with E-state index < -0.39 is 12.1 Å². The Kier molecular flexibility index (Phi) is 5.29. The Morgan fingerprint density at radius 2 is 2.15 bits per heavy atom. The van der Waals surface area contributed by atoms with Crippen LogP contribution in [-0.4, -0.2) is 35.4 Å². The third-order valence-corrected chi connectivity index (χ3v) is 4.04. The fraction of sp³-hybridized carbons (Fsp3) is 0.429. The second-order valence-electron chi connectivity index (χ2n) is 4.51. The predicted octanol–water partition coefficient (Wildman–Crippen LogP) is 1.91. The van der Waals surface area contributed by atoms with E-state index in [0.29, 0.717) is 25.1 Å². The van der Waals surface area contributed by atoms with Gasteiger partial charge in [0.2, 0.25) is 0 Å². The molecule has 0 bridgehead atoms. The van der Waals surface area contributed by atoms with Gasteiger partial charge in [0.15, 0.2) is 6.10 Å². The summed E-state index contributed by atoms with van der Waals surface area (Å²) in [5, 5.41) is 11.3. The Bertz CT molecular complexity index is 492. The summed E-state index contributed by atoms with van der Waals surface area (Å²) in [5.41, 5.74) is 0. The van der Waals surface area contributed by atoms with Crippen molar-refractivity contribution >= 4 is 23.6 Å². The monoisotopic (exact) mass is 295 g/mol. The van der Waals surface area contributed by atoms with E-state index in [4.69, 9.17) is 9.84 Å². The van der Waals surface area contributed by atoms with Gasteiger partial charge in [-0.25, -0.2) is 0 Å². The highest BCUT2D eigenvalue weighted by atomic mass is 32.2. The molecule has 1 amide bonds. The van der Waals surface area contributed by atoms with E-state index in [0.717, 1.165) is 10.6 Å². The number of hydrogen-bond donors (Lipinski definition) is 2. The lowest BCUT2D eigenvalue weighted by Crippen LogP contribution is -2.41. The summed E-state index contributed by atoms with van der Waals surface area (Å²) in [5.74, 6) is 0.398. The van der Waals surface area contributed by atoms with Crippen LogP contribution >= 0.6 is 11.8 Å². The number of fused-ring (bicyclic) bond motifs is 1. The van der Waals surface area contributed by atoms with Crippen molar-refractivity contribution in [2.75, 3.05) is 12.3 Å². The molecule has 2 N–H and O–H groups in total. The highest BCUT2D eigenvalue weighted by molar-refractivity contribution is 7.99. The van der Waals surface area contributed by atoms with Gasteiger partial charge >= 0.3 is 5.97 Å². The summed E-state index contributed by atoms with van der Waals surface area (Å²) < 4.78 is 5.66. The van der Waals surface area contributed by atoms with E-state index in [9.17, 15) is 9.59 Å². The summed E-state index contributed by atoms with van der Waals surface area (Å²) in [7, 11) is 0. The molecule has 6 heteroatoms. The zero-order chi connectivity index (χ0) is 14.4. The van der Waals surface area contributed by atoms with E-state index in [1.807, 2.05) is 24.3 Å². The number of para-hydroxylation sites is 1. The first kappa shape index (κ1) is 14.7. The van der Waals surface area contributed by atoms with Crippen LogP contribution in [0.5, 0.6) is 5.75 Å². The molecular formula is C14H17NO4S. The summed E-state index contributed by atoms with van der Waals surface area (Å²) in [6.45, 7) is 0.484. The van der Waals surface area contributed by atoms with Crippen molar-refractivity contribution in [2.45, 2.75) is 30.3 Å². The Balaban J connectivity index is 1.73. The minimum atomic E-state index is -0.806. The van der Waals surface area contributed by atoms with Crippen LogP contribution < -0.4 is 10.1 Å². The number of carboxylic acid groups (broad SMARTS) is 1. The molecule has 1 aromatic carbocycles. The second kappa shape index (κ2) is 7.19. The van der Waals surface area contributed by atoms with Crippen LogP contribution in [0.3, 0.4) is 0 Å². The van der Waals surface area contributed by atoms with E-state index in [1.54, 1.807) is 11.8 Å². The maximum Gasteiger partial charge on any atom is 0.303 e. The third-order valence-electron chi connectivity index (χ3n) is 2.92. The van der Waals surface area contributed by atoms with E-state index in [2.05, 4.69) is 5.32 Å². The van der Waals surface area contributed by atoms with E-state index >= 15 is 0 Å². The lowest BCUT2D eigenvalue weighted by Gasteiger charge is -2.24. The highest BCUT2D eigenvalue weighted by Crippen LogP contribution is 2.34. The number of hydrogen-bond acceptors (Lipinski definition) is 4. The minimum Gasteiger partial charge on any atom is -0.481 e. The average Bonchev–Trinajstić information content (AvgIpc) is 2.46. The van der Waals surface area contributed by atoms with Crippen LogP contribution in [0.2, 0.25) is 0 Å². The van der Waals surface area contributed by atoms with Crippen molar-refractivity contribution in [1.29, 1.82) is 0 Å². The molecule has 0 radical (unpaired) electrons. The van der Waals surface area contributed by atoms with Gasteiger partial charge in [0, 0.05) is 23.6 Å². The van der Waals surface area contributed by atoms with Crippen molar-refractivity contribution in [1.82, 2.24) is 5.32 Å². The standard InChI is InChI=1S/C14H17NO4S/c16-13(17)7-3-4-8-15-14(18)11-9-20-12-6-2-1-5-10(12)19-11/h1-2,5-6,11H,3-4,7-9H2,(H,15,18)(H,16,17)/t11-/m1/s1. The number of thioether (sulfide) groups is 1. The van der Waals surface area contributed by atoms with Crippen molar-refractivity contribution < 1.29 is 19.4 Å². The molecule has 0 saturated heterocycles. The number of unbranched alkanes of at least 4 members (excludes halogenated alkanes) is 1. The maximum absolute atomic E-state index is 11.9. The number of carbonyl (C=O) groups is 2. The van der Waals surface area contributed by atoms with Crippen molar-refractivity contribution in [3.05, 3.63) is 24.3 Å². The summed E-state index contributed by atoms with van der Waals surface area (Å²) in [6.07, 6.45) is 0.890. The number of benzene rings is 1. The van der Waals surface area contributed by atoms with Crippen molar-refractivity contribution in [3.8, 4) is 5.75 Å². The molecule has 5 nitrogen and oxygen atoms in total. The van der Waals surface area contributed by atoms with Crippen LogP contribution in [-0.2, 0) is 9.59 Å². The first-order valence-electron chi connectivity index (χ1n) is 6.55. The van der Waals surface area contributed by atoms with Gasteiger partial charge in [-0.15, -0.1) is 11.8 Å². The van der Waals surface area contributed by atoms with E-state index in [-0.39, 0.29) is 12.3 Å². The third kappa shape index (κ3) is 4.16. The first-order chi connectivity index (χ1) is 9.66. The smallest absolute Gasteiger partial charge is 0.303 e. The fourth-order valence-electron chi connectivity index (χ4n) is 1.88. The topological polar surface area (TPSA) is 75.6 Å². The normalized spacial score (nSPS) is 16.9. The summed E-state index contributed by atoms with van der Waals surface area (Å²) >= 11 is 1.61. The molecule has 0 unspecified atom stereocenters. The van der Waals surface area contributed by atoms with Crippen LogP contribution in [0.15, 0.2) is 29.2 Å². The number of aliphatic carboxylic acids is 1. The first-order valence-corrected chi connectivity index (χ1v) is 7.53. The fourth-order valence-corrected chi connectivity index (χ4v) is 2.86. The SMILES string of the molecule is O=C(O)CCCCNC(=O)[C@H]1CSc2ccccc2O1. The number of nitrogens with one attached hydrogen (secondary N) is 1. The van der Waals surface area contributed by atoms with Crippen LogP contribution in [0.25, 0.3) is 0 Å². The molecule has 1 aromatic rings. The highest BCUT2D eigenvalue weighted by Gasteiger charge is 2.25. The molecular weight excluding hydrogens is 278 g/mol. The molecule has 0 aromatic heterocycles. The van der Waals surface area contributed by atoms with Gasteiger partial charge in [0.05, 0.1) is 0 Å². The van der Waals surface area contributed by atoms with Gasteiger partial charge in [-0.2, -0.15) is 0 Å². The molecule has 1 aliphatic heterocycles. The molecule has 2 rings (SSSR count). The predicted molar refractivity (Wildman–Crippen MR) is 76.1 cm³/mol. The van der Waals surface area contributed by atoms with E-state index in [1.165, 1.54) is 0 Å². The van der Waals surface area contributed by atoms with Crippen LogP contribution in [0.1, 0.15) is 19.3 Å². The number of carboxylic acids is 1. The van der Waals surface area contributed by atoms with Gasteiger partial charge < -0.3 is 15.2 Å². The van der Waals surface area contributed by atoms with Gasteiger partial charge in [-0.3, -0.25) is 9.59 Å².